The Bertz CT molecular complexity index is 1220. The van der Waals surface area contributed by atoms with Gasteiger partial charge >= 0.3 is 0 Å². The molecule has 0 aliphatic carbocycles. The number of fused-ring (bicyclic) bond motifs is 1. The van der Waals surface area contributed by atoms with E-state index >= 15 is 0 Å². The number of hydrogen-bond acceptors (Lipinski definition) is 3. The maximum absolute atomic E-state index is 13.5. The molecule has 5 nitrogen and oxygen atoms in total. The molecule has 1 amide bonds. The molecule has 0 aromatic heterocycles. The van der Waals surface area contributed by atoms with Gasteiger partial charge in [0, 0.05) is 18.3 Å². The van der Waals surface area contributed by atoms with Gasteiger partial charge in [0.15, 0.2) is 0 Å². The Kier molecular flexibility index (Phi) is 6.13. The van der Waals surface area contributed by atoms with Gasteiger partial charge in [0.1, 0.15) is 5.82 Å². The third-order valence-electron chi connectivity index (χ3n) is 5.72. The number of amides is 1. The van der Waals surface area contributed by atoms with Crippen LogP contribution < -0.4 is 4.90 Å². The fraction of sp³-hybridized carbons (Fsp3) is 0.240. The van der Waals surface area contributed by atoms with Gasteiger partial charge < -0.3 is 4.90 Å². The summed E-state index contributed by atoms with van der Waals surface area (Å²) in [4.78, 5) is 15.2. The monoisotopic (exact) mass is 452 g/mol. The number of rotatable bonds is 6. The van der Waals surface area contributed by atoms with E-state index in [1.807, 2.05) is 38.1 Å². The zero-order chi connectivity index (χ0) is 22.9. The molecule has 0 radical (unpaired) electrons. The molecule has 0 saturated heterocycles. The van der Waals surface area contributed by atoms with Gasteiger partial charge in [-0.15, -0.1) is 0 Å². The molecule has 1 heterocycles. The molecule has 0 fully saturated rings. The number of nitrogens with zero attached hydrogens (tertiary/aromatic N) is 2. The molecule has 1 aliphatic rings. The van der Waals surface area contributed by atoms with Crippen molar-refractivity contribution in [2.75, 3.05) is 11.4 Å². The molecule has 7 heteroatoms. The Hall–Kier alpha value is -3.03. The molecule has 0 N–H and O–H groups in total. The van der Waals surface area contributed by atoms with E-state index in [9.17, 15) is 17.6 Å². The van der Waals surface area contributed by atoms with Crippen LogP contribution in [0.3, 0.4) is 0 Å². The van der Waals surface area contributed by atoms with Crippen molar-refractivity contribution < 1.29 is 17.6 Å². The van der Waals surface area contributed by atoms with Crippen molar-refractivity contribution >= 4 is 21.6 Å². The first-order valence-corrected chi connectivity index (χ1v) is 11.9. The number of benzene rings is 3. The molecule has 1 aliphatic heterocycles. The second kappa shape index (κ2) is 8.84. The van der Waals surface area contributed by atoms with Gasteiger partial charge in [-0.1, -0.05) is 48.0 Å². The first-order chi connectivity index (χ1) is 15.3. The van der Waals surface area contributed by atoms with Crippen LogP contribution in [0, 0.1) is 12.7 Å². The number of para-hydroxylation sites is 1. The highest BCUT2D eigenvalue weighted by Crippen LogP contribution is 2.32. The van der Waals surface area contributed by atoms with Gasteiger partial charge in [0.05, 0.1) is 11.4 Å². The van der Waals surface area contributed by atoms with Gasteiger partial charge in [-0.2, -0.15) is 4.31 Å². The number of sulfonamides is 1. The zero-order valence-electron chi connectivity index (χ0n) is 18.0. The lowest BCUT2D eigenvalue weighted by Gasteiger charge is -2.27. The minimum absolute atomic E-state index is 0.0356. The molecule has 1 atom stereocenters. The molecule has 0 spiro atoms. The van der Waals surface area contributed by atoms with Crippen molar-refractivity contribution in [3.63, 3.8) is 0 Å². The van der Waals surface area contributed by atoms with Gasteiger partial charge in [0.25, 0.3) is 0 Å². The van der Waals surface area contributed by atoms with Crippen LogP contribution in [-0.4, -0.2) is 31.2 Å². The highest BCUT2D eigenvalue weighted by Gasteiger charge is 2.34. The number of carbonyl (C=O) groups excluding carboxylic acids is 1. The molecular weight excluding hydrogens is 427 g/mol. The largest absolute Gasteiger partial charge is 0.308 e. The van der Waals surface area contributed by atoms with Gasteiger partial charge in [-0.05, 0) is 61.7 Å². The number of anilines is 1. The first kappa shape index (κ1) is 22.2. The standard InChI is InChI=1S/C25H25FN2O3S/c1-18-7-13-23(14-8-18)32(30,31)27(16-20-9-11-22(26)12-10-20)17-25(29)28-19(2)15-21-5-3-4-6-24(21)28/h3-14,19H,15-17H2,1-2H3/t19-/m0/s1. The molecule has 4 rings (SSSR count). The predicted molar refractivity (Wildman–Crippen MR) is 122 cm³/mol. The predicted octanol–water partition coefficient (Wildman–Crippen LogP) is 4.30. The molecule has 32 heavy (non-hydrogen) atoms. The SMILES string of the molecule is Cc1ccc(S(=O)(=O)N(CC(=O)N2c3ccccc3C[C@@H]2C)Cc2ccc(F)cc2)cc1. The average Bonchev–Trinajstić information content (AvgIpc) is 3.10. The lowest BCUT2D eigenvalue weighted by molar-refractivity contribution is -0.119. The maximum Gasteiger partial charge on any atom is 0.243 e. The van der Waals surface area contributed by atoms with E-state index in [0.29, 0.717) is 5.56 Å². The average molecular weight is 453 g/mol. The van der Waals surface area contributed by atoms with Crippen LogP contribution in [0.2, 0.25) is 0 Å². The second-order valence-corrected chi connectivity index (χ2v) is 10.1. The summed E-state index contributed by atoms with van der Waals surface area (Å²) in [5.74, 6) is -0.694. The molecular formula is C25H25FN2O3S. The summed E-state index contributed by atoms with van der Waals surface area (Å²) >= 11 is 0. The summed E-state index contributed by atoms with van der Waals surface area (Å²) in [6.07, 6.45) is 0.727. The quantitative estimate of drug-likeness (QED) is 0.560. The summed E-state index contributed by atoms with van der Waals surface area (Å²) in [5, 5.41) is 0. The first-order valence-electron chi connectivity index (χ1n) is 10.5. The van der Waals surface area contributed by atoms with Gasteiger partial charge in [-0.25, -0.2) is 12.8 Å². The summed E-state index contributed by atoms with van der Waals surface area (Å²) in [6.45, 7) is 3.48. The molecule has 3 aromatic rings. The fourth-order valence-corrected chi connectivity index (χ4v) is 5.43. The van der Waals surface area contributed by atoms with Crippen molar-refractivity contribution in [3.8, 4) is 0 Å². The summed E-state index contributed by atoms with van der Waals surface area (Å²) in [5.41, 5.74) is 3.43. The Morgan fingerprint density at radius 1 is 1.03 bits per heavy atom. The van der Waals surface area contributed by atoms with E-state index in [1.165, 1.54) is 28.6 Å². The third-order valence-corrected chi connectivity index (χ3v) is 7.52. The Morgan fingerprint density at radius 2 is 1.69 bits per heavy atom. The molecule has 3 aromatic carbocycles. The Balaban J connectivity index is 1.67. The van der Waals surface area contributed by atoms with Crippen molar-refractivity contribution in [3.05, 3.63) is 95.3 Å². The van der Waals surface area contributed by atoms with Crippen LogP contribution in [0.5, 0.6) is 0 Å². The minimum Gasteiger partial charge on any atom is -0.308 e. The van der Waals surface area contributed by atoms with Crippen molar-refractivity contribution in [2.24, 2.45) is 0 Å². The molecule has 0 saturated carbocycles. The minimum atomic E-state index is -3.95. The van der Waals surface area contributed by atoms with E-state index < -0.39 is 15.8 Å². The van der Waals surface area contributed by atoms with Crippen LogP contribution in [-0.2, 0) is 27.8 Å². The normalized spacial score (nSPS) is 15.8. The maximum atomic E-state index is 13.5. The lowest BCUT2D eigenvalue weighted by atomic mass is 10.1. The van der Waals surface area contributed by atoms with Crippen molar-refractivity contribution in [1.82, 2.24) is 4.31 Å². The highest BCUT2D eigenvalue weighted by molar-refractivity contribution is 7.89. The van der Waals surface area contributed by atoms with E-state index in [2.05, 4.69) is 0 Å². The van der Waals surface area contributed by atoms with E-state index in [0.717, 1.165) is 23.2 Å². The molecule has 166 valence electrons. The zero-order valence-corrected chi connectivity index (χ0v) is 18.8. The summed E-state index contributed by atoms with van der Waals surface area (Å²) in [7, 11) is -3.95. The molecule has 0 bridgehead atoms. The van der Waals surface area contributed by atoms with Crippen LogP contribution in [0.4, 0.5) is 10.1 Å². The third kappa shape index (κ3) is 4.45. The number of hydrogen-bond donors (Lipinski definition) is 0. The van der Waals surface area contributed by atoms with Crippen LogP contribution in [0.15, 0.2) is 77.7 Å². The molecule has 0 unspecified atom stereocenters. The van der Waals surface area contributed by atoms with E-state index in [-0.39, 0.29) is 29.9 Å². The number of carbonyl (C=O) groups is 1. The van der Waals surface area contributed by atoms with Crippen LogP contribution >= 0.6 is 0 Å². The van der Waals surface area contributed by atoms with Crippen LogP contribution in [0.1, 0.15) is 23.6 Å². The lowest BCUT2D eigenvalue weighted by Crippen LogP contribution is -2.44. The van der Waals surface area contributed by atoms with E-state index in [4.69, 9.17) is 0 Å². The summed E-state index contributed by atoms with van der Waals surface area (Å²) < 4.78 is 41.5. The number of aryl methyl sites for hydroxylation is 1. The van der Waals surface area contributed by atoms with Crippen LogP contribution in [0.25, 0.3) is 0 Å². The highest BCUT2D eigenvalue weighted by atomic mass is 32.2. The van der Waals surface area contributed by atoms with Crippen molar-refractivity contribution in [1.29, 1.82) is 0 Å². The van der Waals surface area contributed by atoms with E-state index in [1.54, 1.807) is 29.2 Å². The topological polar surface area (TPSA) is 57.7 Å². The summed E-state index contributed by atoms with van der Waals surface area (Å²) in [6, 6.07) is 19.8. The fourth-order valence-electron chi connectivity index (χ4n) is 4.05. The Labute approximate surface area is 188 Å². The second-order valence-electron chi connectivity index (χ2n) is 8.16. The Morgan fingerprint density at radius 3 is 2.38 bits per heavy atom. The number of halogens is 1. The van der Waals surface area contributed by atoms with Gasteiger partial charge in [0.2, 0.25) is 15.9 Å². The smallest absolute Gasteiger partial charge is 0.243 e. The van der Waals surface area contributed by atoms with Gasteiger partial charge in [-0.3, -0.25) is 4.79 Å². The van der Waals surface area contributed by atoms with Crippen molar-refractivity contribution in [2.45, 2.75) is 37.8 Å².